The lowest BCUT2D eigenvalue weighted by Gasteiger charge is -2.63. The van der Waals surface area contributed by atoms with Crippen molar-refractivity contribution in [3.8, 4) is 11.8 Å². The number of piperidine rings is 1. The zero-order valence-corrected chi connectivity index (χ0v) is 23.7. The third-order valence-corrected chi connectivity index (χ3v) is 8.57. The fourth-order valence-electron chi connectivity index (χ4n) is 6.72. The predicted molar refractivity (Wildman–Crippen MR) is 148 cm³/mol. The summed E-state index contributed by atoms with van der Waals surface area (Å²) in [5.74, 6) is 1.07. The average Bonchev–Trinajstić information content (AvgIpc) is 2.91. The first-order valence-electron chi connectivity index (χ1n) is 13.4. The Balaban J connectivity index is 1.37. The molecule has 0 atom stereocenters. The number of amides is 1. The minimum absolute atomic E-state index is 0.0554. The lowest BCUT2D eigenvalue weighted by atomic mass is 9.49. The molecule has 0 unspecified atom stereocenters. The molecule has 0 spiro atoms. The minimum atomic E-state index is -0.270. The molecule has 38 heavy (non-hydrogen) atoms. The van der Waals surface area contributed by atoms with Crippen molar-refractivity contribution in [3.63, 3.8) is 0 Å². The van der Waals surface area contributed by atoms with Crippen molar-refractivity contribution >= 4 is 11.6 Å². The number of hydrogen-bond acceptors (Lipinski definition) is 6. The number of carbonyl (C=O) groups excluding carboxylic acids is 1. The largest absolute Gasteiger partial charge is 0.489 e. The van der Waals surface area contributed by atoms with E-state index in [-0.39, 0.29) is 35.2 Å². The maximum absolute atomic E-state index is 13.3. The number of benzene rings is 2. The second kappa shape index (κ2) is 11.0. The van der Waals surface area contributed by atoms with Crippen LogP contribution in [0.2, 0.25) is 0 Å². The Morgan fingerprint density at radius 1 is 1.03 bits per heavy atom. The number of carbonyl (C=O) groups is 1. The van der Waals surface area contributed by atoms with Gasteiger partial charge in [0.1, 0.15) is 11.9 Å². The molecule has 2 fully saturated rings. The topological polar surface area (TPSA) is 83.8 Å². The number of anilines is 1. The van der Waals surface area contributed by atoms with Crippen LogP contribution in [0.3, 0.4) is 0 Å². The number of aryl methyl sites for hydroxylation is 1. The molecule has 7 nitrogen and oxygen atoms in total. The first-order chi connectivity index (χ1) is 18.0. The van der Waals surface area contributed by atoms with E-state index in [0.717, 1.165) is 42.9 Å². The molecule has 0 aromatic heterocycles. The molecular weight excluding hydrogens is 478 g/mol. The highest BCUT2D eigenvalue weighted by molar-refractivity contribution is 5.95. The van der Waals surface area contributed by atoms with Gasteiger partial charge in [-0.25, -0.2) is 0 Å². The van der Waals surface area contributed by atoms with Gasteiger partial charge >= 0.3 is 0 Å². The highest BCUT2D eigenvalue weighted by Crippen LogP contribution is 2.55. The molecule has 0 bridgehead atoms. The molecule has 4 rings (SSSR count). The Hall–Kier alpha value is -3.08. The Bertz CT molecular complexity index is 1160. The highest BCUT2D eigenvalue weighted by Gasteiger charge is 2.64. The zero-order chi connectivity index (χ0) is 27.7. The van der Waals surface area contributed by atoms with E-state index in [4.69, 9.17) is 14.2 Å². The van der Waals surface area contributed by atoms with Crippen LogP contribution in [0.25, 0.3) is 0 Å². The lowest BCUT2D eigenvalue weighted by Crippen LogP contribution is -2.74. The molecule has 1 aliphatic heterocycles. The van der Waals surface area contributed by atoms with Crippen LogP contribution in [0.5, 0.6) is 5.75 Å². The molecular formula is C31H41N3O4. The van der Waals surface area contributed by atoms with Crippen LogP contribution in [-0.2, 0) is 9.47 Å². The number of hydrogen-bond donors (Lipinski definition) is 1. The molecule has 2 aliphatic rings. The predicted octanol–water partition coefficient (Wildman–Crippen LogP) is 5.31. The van der Waals surface area contributed by atoms with Gasteiger partial charge in [0.05, 0.1) is 11.6 Å². The van der Waals surface area contributed by atoms with Crippen LogP contribution in [-0.4, -0.2) is 51.7 Å². The number of ether oxygens (including phenoxy) is 3. The first kappa shape index (κ1) is 27.9. The minimum Gasteiger partial charge on any atom is -0.489 e. The van der Waals surface area contributed by atoms with Crippen molar-refractivity contribution in [1.29, 1.82) is 5.26 Å². The molecule has 2 aromatic carbocycles. The Kier molecular flexibility index (Phi) is 8.06. The van der Waals surface area contributed by atoms with E-state index in [1.165, 1.54) is 0 Å². The van der Waals surface area contributed by atoms with Gasteiger partial charge in [-0.2, -0.15) is 5.26 Å². The number of nitrogens with one attached hydrogen (secondary N) is 1. The molecule has 2 aromatic rings. The van der Waals surface area contributed by atoms with Crippen LogP contribution >= 0.6 is 0 Å². The van der Waals surface area contributed by atoms with E-state index in [2.05, 4.69) is 44.0 Å². The van der Waals surface area contributed by atoms with Gasteiger partial charge in [-0.05, 0) is 67.8 Å². The summed E-state index contributed by atoms with van der Waals surface area (Å²) < 4.78 is 17.3. The van der Waals surface area contributed by atoms with Gasteiger partial charge in [-0.15, -0.1) is 0 Å². The summed E-state index contributed by atoms with van der Waals surface area (Å²) in [6.45, 7) is 12.3. The number of rotatable bonds is 8. The molecule has 1 saturated carbocycles. The van der Waals surface area contributed by atoms with Crippen LogP contribution < -0.4 is 15.0 Å². The summed E-state index contributed by atoms with van der Waals surface area (Å²) in [5, 5.41) is 12.5. The van der Waals surface area contributed by atoms with E-state index in [1.807, 2.05) is 43.3 Å². The van der Waals surface area contributed by atoms with Gasteiger partial charge in [0.25, 0.3) is 5.91 Å². The highest BCUT2D eigenvalue weighted by atomic mass is 16.7. The maximum Gasteiger partial charge on any atom is 0.251 e. The van der Waals surface area contributed by atoms with Crippen LogP contribution in [0.1, 0.15) is 62.0 Å². The van der Waals surface area contributed by atoms with Gasteiger partial charge < -0.3 is 24.4 Å². The third kappa shape index (κ3) is 5.25. The zero-order valence-electron chi connectivity index (χ0n) is 23.7. The van der Waals surface area contributed by atoms with Crippen molar-refractivity contribution in [2.75, 3.05) is 32.2 Å². The second-order valence-corrected chi connectivity index (χ2v) is 11.8. The SMILES string of the molecule is COC(OC)C1CCN(c2ccc(C(=O)NC3C(C)(C)C(Oc4ccc(C#N)c(C)c4)C3(C)C)cc2)CC1. The molecule has 1 aliphatic carbocycles. The molecule has 7 heteroatoms. The second-order valence-electron chi connectivity index (χ2n) is 11.8. The average molecular weight is 520 g/mol. The molecule has 0 radical (unpaired) electrons. The number of nitrogens with zero attached hydrogens (tertiary/aromatic N) is 2. The normalized spacial score (nSPS) is 22.4. The van der Waals surface area contributed by atoms with E-state index < -0.39 is 0 Å². The fourth-order valence-corrected chi connectivity index (χ4v) is 6.72. The smallest absolute Gasteiger partial charge is 0.251 e. The fraction of sp³-hybridized carbons (Fsp3) is 0.548. The van der Waals surface area contributed by atoms with E-state index >= 15 is 0 Å². The summed E-state index contributed by atoms with van der Waals surface area (Å²) in [7, 11) is 3.39. The molecule has 204 valence electrons. The molecule has 1 heterocycles. The summed E-state index contributed by atoms with van der Waals surface area (Å²) in [6.07, 6.45) is 1.77. The summed E-state index contributed by atoms with van der Waals surface area (Å²) in [5.41, 5.74) is 2.78. The van der Waals surface area contributed by atoms with Gasteiger partial charge in [0.15, 0.2) is 6.29 Å². The van der Waals surface area contributed by atoms with Crippen LogP contribution in [0, 0.1) is 35.0 Å². The maximum atomic E-state index is 13.3. The Morgan fingerprint density at radius 3 is 2.16 bits per heavy atom. The van der Waals surface area contributed by atoms with Crippen molar-refractivity contribution < 1.29 is 19.0 Å². The number of methoxy groups -OCH3 is 2. The van der Waals surface area contributed by atoms with Gasteiger partial charge in [0, 0.05) is 61.3 Å². The Morgan fingerprint density at radius 2 is 1.63 bits per heavy atom. The van der Waals surface area contributed by atoms with E-state index in [9.17, 15) is 10.1 Å². The van der Waals surface area contributed by atoms with Gasteiger partial charge in [0.2, 0.25) is 0 Å². The van der Waals surface area contributed by atoms with Crippen molar-refractivity contribution in [2.24, 2.45) is 16.7 Å². The van der Waals surface area contributed by atoms with Crippen molar-refractivity contribution in [1.82, 2.24) is 5.32 Å². The quantitative estimate of drug-likeness (QED) is 0.476. The van der Waals surface area contributed by atoms with Crippen molar-refractivity contribution in [3.05, 3.63) is 59.2 Å². The van der Waals surface area contributed by atoms with Crippen molar-refractivity contribution in [2.45, 2.75) is 65.9 Å². The van der Waals surface area contributed by atoms with E-state index in [1.54, 1.807) is 20.3 Å². The first-order valence-corrected chi connectivity index (χ1v) is 13.4. The monoisotopic (exact) mass is 519 g/mol. The van der Waals surface area contributed by atoms with Gasteiger partial charge in [-0.3, -0.25) is 4.79 Å². The third-order valence-electron chi connectivity index (χ3n) is 8.57. The molecule has 1 N–H and O–H groups in total. The number of nitriles is 1. The van der Waals surface area contributed by atoms with Crippen LogP contribution in [0.4, 0.5) is 5.69 Å². The lowest BCUT2D eigenvalue weighted by molar-refractivity contribution is -0.164. The molecule has 1 amide bonds. The standard InChI is InChI=1S/C31H41N3O4/c1-20-18-25(13-10-23(20)19-32)38-29-30(2,3)28(31(29,4)5)33-26(35)21-8-11-24(12-9-21)34-16-14-22(15-17-34)27(36-6)37-7/h8-13,18,22,27-29H,14-17H2,1-7H3,(H,33,35). The van der Waals surface area contributed by atoms with Crippen LogP contribution in [0.15, 0.2) is 42.5 Å². The summed E-state index contributed by atoms with van der Waals surface area (Å²) in [6, 6.07) is 15.6. The summed E-state index contributed by atoms with van der Waals surface area (Å²) >= 11 is 0. The molecule has 1 saturated heterocycles. The summed E-state index contributed by atoms with van der Waals surface area (Å²) in [4.78, 5) is 15.6. The van der Waals surface area contributed by atoms with E-state index in [0.29, 0.717) is 17.0 Å². The van der Waals surface area contributed by atoms with Gasteiger partial charge in [-0.1, -0.05) is 27.7 Å². The Labute approximate surface area is 227 Å².